The lowest BCUT2D eigenvalue weighted by molar-refractivity contribution is -0.178. The number of hydrogen-bond donors (Lipinski definition) is 0. The van der Waals surface area contributed by atoms with E-state index in [-0.39, 0.29) is 23.9 Å². The lowest BCUT2D eigenvalue weighted by atomic mass is 9.86. The van der Waals surface area contributed by atoms with Crippen LogP contribution in [0.1, 0.15) is 34.9 Å². The number of fused-ring (bicyclic) bond motifs is 1. The van der Waals surface area contributed by atoms with E-state index in [0.717, 1.165) is 29.3 Å². The monoisotopic (exact) mass is 419 g/mol. The van der Waals surface area contributed by atoms with Crippen molar-refractivity contribution in [2.24, 2.45) is 7.05 Å². The van der Waals surface area contributed by atoms with Gasteiger partial charge in [-0.25, -0.2) is 0 Å². The topological polar surface area (TPSA) is 80.6 Å². The van der Waals surface area contributed by atoms with Crippen LogP contribution in [0.25, 0.3) is 10.9 Å². The van der Waals surface area contributed by atoms with Crippen LogP contribution in [0, 0.1) is 0 Å². The van der Waals surface area contributed by atoms with Crippen LogP contribution in [-0.4, -0.2) is 68.7 Å². The lowest BCUT2D eigenvalue weighted by Crippen LogP contribution is -2.64. The SMILES string of the molecule is CO[C@H]1C(=O)N(C2CCN(C(=O)c3nn(C)c4ccccc34)CC2)[C@H]1c1ccncc1. The molecule has 0 N–H and O–H groups in total. The first-order chi connectivity index (χ1) is 15.1. The van der Waals surface area contributed by atoms with E-state index < -0.39 is 6.10 Å². The molecule has 2 saturated heterocycles. The zero-order chi connectivity index (χ0) is 21.5. The second-order valence-electron chi connectivity index (χ2n) is 8.14. The maximum absolute atomic E-state index is 13.2. The van der Waals surface area contributed by atoms with Gasteiger partial charge in [0.1, 0.15) is 0 Å². The van der Waals surface area contributed by atoms with Crippen molar-refractivity contribution in [3.8, 4) is 0 Å². The van der Waals surface area contributed by atoms with Gasteiger partial charge in [-0.3, -0.25) is 19.3 Å². The van der Waals surface area contributed by atoms with Crippen molar-refractivity contribution in [1.29, 1.82) is 0 Å². The van der Waals surface area contributed by atoms with Crippen molar-refractivity contribution in [2.75, 3.05) is 20.2 Å². The standard InChI is InChI=1S/C23H25N5O3/c1-26-18-6-4-3-5-17(18)19(25-26)22(29)27-13-9-16(10-14-27)28-20(21(31-2)23(28)30)15-7-11-24-12-8-15/h3-8,11-12,16,20-21H,9-10,13-14H2,1-2H3/t20-,21+/m0/s1. The number of β-lactam (4-membered cyclic amide) rings is 1. The number of carbonyl (C=O) groups excluding carboxylic acids is 2. The minimum atomic E-state index is -0.457. The summed E-state index contributed by atoms with van der Waals surface area (Å²) in [5.41, 5.74) is 2.46. The van der Waals surface area contributed by atoms with Gasteiger partial charge in [0.25, 0.3) is 11.8 Å². The Hall–Kier alpha value is -3.26. The highest BCUT2D eigenvalue weighted by molar-refractivity contribution is 6.04. The third-order valence-electron chi connectivity index (χ3n) is 6.49. The Kier molecular flexibility index (Phi) is 4.94. The molecule has 2 aromatic heterocycles. The predicted octanol–water partition coefficient (Wildman–Crippen LogP) is 2.17. The fourth-order valence-electron chi connectivity index (χ4n) is 4.88. The molecule has 0 bridgehead atoms. The molecule has 8 heteroatoms. The second-order valence-corrected chi connectivity index (χ2v) is 8.14. The number of rotatable bonds is 4. The van der Waals surface area contributed by atoms with Gasteiger partial charge in [-0.2, -0.15) is 5.10 Å². The Morgan fingerprint density at radius 1 is 1.10 bits per heavy atom. The smallest absolute Gasteiger partial charge is 0.275 e. The maximum atomic E-state index is 13.2. The average Bonchev–Trinajstić information content (AvgIpc) is 3.15. The summed E-state index contributed by atoms with van der Waals surface area (Å²) in [7, 11) is 3.43. The molecule has 4 heterocycles. The molecule has 8 nitrogen and oxygen atoms in total. The number of ether oxygens (including phenoxy) is 1. The number of likely N-dealkylation sites (tertiary alicyclic amines) is 2. The van der Waals surface area contributed by atoms with Crippen LogP contribution in [0.3, 0.4) is 0 Å². The van der Waals surface area contributed by atoms with E-state index >= 15 is 0 Å². The Morgan fingerprint density at radius 3 is 2.52 bits per heavy atom. The number of aromatic nitrogens is 3. The fourth-order valence-corrected chi connectivity index (χ4v) is 4.88. The molecule has 0 unspecified atom stereocenters. The summed E-state index contributed by atoms with van der Waals surface area (Å²) < 4.78 is 7.21. The Morgan fingerprint density at radius 2 is 1.81 bits per heavy atom. The summed E-state index contributed by atoms with van der Waals surface area (Å²) in [5, 5.41) is 5.34. The van der Waals surface area contributed by atoms with Gasteiger partial charge in [-0.05, 0) is 36.6 Å². The van der Waals surface area contributed by atoms with Crippen molar-refractivity contribution in [2.45, 2.75) is 31.0 Å². The zero-order valence-corrected chi connectivity index (χ0v) is 17.6. The van der Waals surface area contributed by atoms with E-state index in [1.165, 1.54) is 0 Å². The van der Waals surface area contributed by atoms with Crippen molar-refractivity contribution in [3.05, 3.63) is 60.0 Å². The molecule has 2 amide bonds. The summed E-state index contributed by atoms with van der Waals surface area (Å²) in [6.45, 7) is 1.19. The Balaban J connectivity index is 1.31. The number of aryl methyl sites for hydroxylation is 1. The Bertz CT molecular complexity index is 1120. The average molecular weight is 419 g/mol. The van der Waals surface area contributed by atoms with E-state index in [9.17, 15) is 9.59 Å². The summed E-state index contributed by atoms with van der Waals surface area (Å²) in [6, 6.07) is 11.6. The molecule has 2 fully saturated rings. The van der Waals surface area contributed by atoms with Gasteiger partial charge < -0.3 is 14.5 Å². The molecule has 0 radical (unpaired) electrons. The first-order valence-corrected chi connectivity index (χ1v) is 10.6. The summed E-state index contributed by atoms with van der Waals surface area (Å²) >= 11 is 0. The molecule has 0 aliphatic carbocycles. The molecule has 160 valence electrons. The molecular weight excluding hydrogens is 394 g/mol. The molecule has 0 saturated carbocycles. The number of amides is 2. The third-order valence-corrected chi connectivity index (χ3v) is 6.49. The molecule has 0 spiro atoms. The summed E-state index contributed by atoms with van der Waals surface area (Å²) in [6.07, 6.45) is 4.49. The van der Waals surface area contributed by atoms with Crippen LogP contribution in [0.15, 0.2) is 48.8 Å². The van der Waals surface area contributed by atoms with Crippen molar-refractivity contribution < 1.29 is 14.3 Å². The van der Waals surface area contributed by atoms with Crippen LogP contribution < -0.4 is 0 Å². The van der Waals surface area contributed by atoms with Crippen LogP contribution in [0.2, 0.25) is 0 Å². The van der Waals surface area contributed by atoms with Crippen molar-refractivity contribution in [3.63, 3.8) is 0 Å². The minimum Gasteiger partial charge on any atom is -0.369 e. The van der Waals surface area contributed by atoms with Gasteiger partial charge in [0, 0.05) is 51.1 Å². The number of nitrogens with zero attached hydrogens (tertiary/aromatic N) is 5. The molecule has 2 aliphatic rings. The second kappa shape index (κ2) is 7.77. The number of carbonyl (C=O) groups is 2. The highest BCUT2D eigenvalue weighted by Gasteiger charge is 2.51. The molecule has 1 aromatic carbocycles. The van der Waals surface area contributed by atoms with E-state index in [0.29, 0.717) is 18.8 Å². The number of para-hydroxylation sites is 1. The number of hydrogen-bond acceptors (Lipinski definition) is 5. The normalized spacial score (nSPS) is 22.1. The van der Waals surface area contributed by atoms with Gasteiger partial charge in [0.15, 0.2) is 11.8 Å². The minimum absolute atomic E-state index is 0.0183. The summed E-state index contributed by atoms with van der Waals surface area (Å²) in [4.78, 5) is 33.8. The highest BCUT2D eigenvalue weighted by atomic mass is 16.5. The predicted molar refractivity (Wildman–Crippen MR) is 114 cm³/mol. The third kappa shape index (κ3) is 3.18. The number of pyridine rings is 1. The van der Waals surface area contributed by atoms with Crippen LogP contribution in [-0.2, 0) is 16.6 Å². The molecule has 5 rings (SSSR count). The fraction of sp³-hybridized carbons (Fsp3) is 0.391. The molecular formula is C23H25N5O3. The number of benzene rings is 1. The number of piperidine rings is 1. The lowest BCUT2D eigenvalue weighted by Gasteiger charge is -2.52. The van der Waals surface area contributed by atoms with Crippen LogP contribution in [0.4, 0.5) is 0 Å². The maximum Gasteiger partial charge on any atom is 0.275 e. The quantitative estimate of drug-likeness (QED) is 0.606. The van der Waals surface area contributed by atoms with Gasteiger partial charge >= 0.3 is 0 Å². The zero-order valence-electron chi connectivity index (χ0n) is 17.6. The van der Waals surface area contributed by atoms with E-state index in [1.807, 2.05) is 53.2 Å². The number of methoxy groups -OCH3 is 1. The van der Waals surface area contributed by atoms with Crippen molar-refractivity contribution in [1.82, 2.24) is 24.6 Å². The first-order valence-electron chi connectivity index (χ1n) is 10.6. The van der Waals surface area contributed by atoms with Gasteiger partial charge in [-0.1, -0.05) is 18.2 Å². The van der Waals surface area contributed by atoms with Crippen LogP contribution in [0.5, 0.6) is 0 Å². The van der Waals surface area contributed by atoms with Gasteiger partial charge in [0.2, 0.25) is 0 Å². The summed E-state index contributed by atoms with van der Waals surface area (Å²) in [5.74, 6) is -0.0320. The van der Waals surface area contributed by atoms with E-state index in [2.05, 4.69) is 10.1 Å². The van der Waals surface area contributed by atoms with E-state index in [4.69, 9.17) is 4.74 Å². The van der Waals surface area contributed by atoms with Crippen LogP contribution >= 0.6 is 0 Å². The molecule has 2 atom stereocenters. The van der Waals surface area contributed by atoms with Crippen molar-refractivity contribution >= 4 is 22.7 Å². The van der Waals surface area contributed by atoms with Gasteiger partial charge in [0.05, 0.1) is 11.6 Å². The van der Waals surface area contributed by atoms with E-state index in [1.54, 1.807) is 24.2 Å². The Labute approximate surface area is 180 Å². The largest absolute Gasteiger partial charge is 0.369 e. The first kappa shape index (κ1) is 19.7. The van der Waals surface area contributed by atoms with Gasteiger partial charge in [-0.15, -0.1) is 0 Å². The molecule has 2 aliphatic heterocycles. The molecule has 31 heavy (non-hydrogen) atoms. The highest BCUT2D eigenvalue weighted by Crippen LogP contribution is 2.40. The molecule has 3 aromatic rings.